The van der Waals surface area contributed by atoms with Gasteiger partial charge in [-0.2, -0.15) is 0 Å². The van der Waals surface area contributed by atoms with Crippen LogP contribution in [-0.4, -0.2) is 6.29 Å². The lowest BCUT2D eigenvalue weighted by Crippen LogP contribution is -1.81. The van der Waals surface area contributed by atoms with Gasteiger partial charge in [-0.05, 0) is 45.1 Å². The third kappa shape index (κ3) is 7.98. The topological polar surface area (TPSA) is 17.1 Å². The molecular formula is C15H22O. The molecule has 0 bridgehead atoms. The number of allylic oxidation sites excluding steroid dienone is 6. The molecule has 88 valence electrons. The lowest BCUT2D eigenvalue weighted by atomic mass is 10.1. The third-order valence-electron chi connectivity index (χ3n) is 2.44. The summed E-state index contributed by atoms with van der Waals surface area (Å²) >= 11 is 0. The minimum absolute atomic E-state index is 0.813. The van der Waals surface area contributed by atoms with Crippen molar-refractivity contribution in [3.05, 3.63) is 48.1 Å². The summed E-state index contributed by atoms with van der Waals surface area (Å²) in [6, 6.07) is 0. The molecule has 0 amide bonds. The molecule has 0 unspecified atom stereocenters. The van der Waals surface area contributed by atoms with Gasteiger partial charge in [0.2, 0.25) is 0 Å². The van der Waals surface area contributed by atoms with Crippen molar-refractivity contribution in [3.8, 4) is 0 Å². The molecular weight excluding hydrogens is 196 g/mol. The Hall–Kier alpha value is -1.37. The van der Waals surface area contributed by atoms with Crippen molar-refractivity contribution in [2.75, 3.05) is 0 Å². The molecule has 0 saturated heterocycles. The SMILES string of the molecule is C=CC(=C)CC/C=C(\C)CC/C=C(/C)C=O. The third-order valence-corrected chi connectivity index (χ3v) is 2.44. The Labute approximate surface area is 99.3 Å². The second kappa shape index (κ2) is 8.90. The number of hydrogen-bond donors (Lipinski definition) is 0. The van der Waals surface area contributed by atoms with Crippen molar-refractivity contribution >= 4 is 6.29 Å². The van der Waals surface area contributed by atoms with Gasteiger partial charge >= 0.3 is 0 Å². The maximum atomic E-state index is 10.4. The van der Waals surface area contributed by atoms with E-state index in [0.29, 0.717) is 0 Å². The molecule has 0 aliphatic rings. The summed E-state index contributed by atoms with van der Waals surface area (Å²) in [5, 5.41) is 0. The number of hydrogen-bond acceptors (Lipinski definition) is 1. The molecule has 0 rings (SSSR count). The molecule has 0 aromatic carbocycles. The van der Waals surface area contributed by atoms with Crippen molar-refractivity contribution in [1.29, 1.82) is 0 Å². The number of aldehydes is 1. The highest BCUT2D eigenvalue weighted by atomic mass is 16.1. The number of rotatable bonds is 8. The van der Waals surface area contributed by atoms with Gasteiger partial charge in [0, 0.05) is 0 Å². The summed E-state index contributed by atoms with van der Waals surface area (Å²) in [4.78, 5) is 10.4. The van der Waals surface area contributed by atoms with Gasteiger partial charge in [0.15, 0.2) is 0 Å². The van der Waals surface area contributed by atoms with Gasteiger partial charge in [0.25, 0.3) is 0 Å². The molecule has 0 radical (unpaired) electrons. The zero-order valence-corrected chi connectivity index (χ0v) is 10.5. The van der Waals surface area contributed by atoms with Crippen LogP contribution in [0.3, 0.4) is 0 Å². The van der Waals surface area contributed by atoms with Crippen molar-refractivity contribution < 1.29 is 4.79 Å². The molecule has 1 heteroatoms. The van der Waals surface area contributed by atoms with Gasteiger partial charge in [-0.1, -0.05) is 42.5 Å². The number of carbonyl (C=O) groups excluding carboxylic acids is 1. The maximum Gasteiger partial charge on any atom is 0.145 e. The van der Waals surface area contributed by atoms with Crippen LogP contribution < -0.4 is 0 Å². The van der Waals surface area contributed by atoms with Crippen LogP contribution in [0, 0.1) is 0 Å². The van der Waals surface area contributed by atoms with Crippen LogP contribution in [0.15, 0.2) is 48.1 Å². The maximum absolute atomic E-state index is 10.4. The van der Waals surface area contributed by atoms with E-state index >= 15 is 0 Å². The zero-order valence-electron chi connectivity index (χ0n) is 10.5. The van der Waals surface area contributed by atoms with Crippen LogP contribution in [0.1, 0.15) is 39.5 Å². The first-order valence-electron chi connectivity index (χ1n) is 5.68. The monoisotopic (exact) mass is 218 g/mol. The minimum atomic E-state index is 0.813. The van der Waals surface area contributed by atoms with Gasteiger partial charge in [0.1, 0.15) is 6.29 Å². The molecule has 0 saturated carbocycles. The predicted octanol–water partition coefficient (Wildman–Crippen LogP) is 4.38. The molecule has 0 aromatic rings. The molecule has 16 heavy (non-hydrogen) atoms. The van der Waals surface area contributed by atoms with Gasteiger partial charge in [-0.25, -0.2) is 0 Å². The normalized spacial score (nSPS) is 12.4. The van der Waals surface area contributed by atoms with E-state index in [1.165, 1.54) is 5.57 Å². The van der Waals surface area contributed by atoms with E-state index < -0.39 is 0 Å². The Morgan fingerprint density at radius 1 is 1.12 bits per heavy atom. The van der Waals surface area contributed by atoms with E-state index in [1.807, 2.05) is 13.0 Å². The van der Waals surface area contributed by atoms with Gasteiger partial charge in [0.05, 0.1) is 0 Å². The number of carbonyl (C=O) groups is 1. The first-order chi connectivity index (χ1) is 7.60. The van der Waals surface area contributed by atoms with Crippen LogP contribution in [0.2, 0.25) is 0 Å². The molecule has 0 fully saturated rings. The van der Waals surface area contributed by atoms with Crippen molar-refractivity contribution in [2.45, 2.75) is 39.5 Å². The van der Waals surface area contributed by atoms with E-state index in [4.69, 9.17) is 0 Å². The Bertz CT molecular complexity index is 305. The Morgan fingerprint density at radius 3 is 2.31 bits per heavy atom. The molecule has 0 spiro atoms. The zero-order chi connectivity index (χ0) is 12.4. The van der Waals surface area contributed by atoms with E-state index in [-0.39, 0.29) is 0 Å². The summed E-state index contributed by atoms with van der Waals surface area (Å²) < 4.78 is 0. The van der Waals surface area contributed by atoms with Crippen LogP contribution in [0.4, 0.5) is 0 Å². The van der Waals surface area contributed by atoms with Crippen LogP contribution >= 0.6 is 0 Å². The fourth-order valence-corrected chi connectivity index (χ4v) is 1.28. The highest BCUT2D eigenvalue weighted by Gasteiger charge is 1.91. The van der Waals surface area contributed by atoms with Gasteiger partial charge in [-0.3, -0.25) is 4.79 Å². The quantitative estimate of drug-likeness (QED) is 0.256. The van der Waals surface area contributed by atoms with Crippen molar-refractivity contribution in [1.82, 2.24) is 0 Å². The second-order valence-corrected chi connectivity index (χ2v) is 4.06. The van der Waals surface area contributed by atoms with Crippen LogP contribution in [-0.2, 0) is 4.79 Å². The van der Waals surface area contributed by atoms with E-state index in [9.17, 15) is 4.79 Å². The largest absolute Gasteiger partial charge is 0.298 e. The van der Waals surface area contributed by atoms with Crippen LogP contribution in [0.25, 0.3) is 0 Å². The molecule has 1 nitrogen and oxygen atoms in total. The van der Waals surface area contributed by atoms with Crippen molar-refractivity contribution in [3.63, 3.8) is 0 Å². The standard InChI is InChI=1S/C15H22O/c1-5-13(2)8-6-9-14(3)10-7-11-15(4)12-16/h5,9,11-12H,1-2,6-8,10H2,3-4H3/b14-9+,15-11-. The van der Waals surface area contributed by atoms with Gasteiger partial charge < -0.3 is 0 Å². The first kappa shape index (κ1) is 14.6. The molecule has 0 aromatic heterocycles. The summed E-state index contributed by atoms with van der Waals surface area (Å²) in [7, 11) is 0. The fourth-order valence-electron chi connectivity index (χ4n) is 1.28. The molecule has 0 atom stereocenters. The Kier molecular flexibility index (Phi) is 8.14. The highest BCUT2D eigenvalue weighted by Crippen LogP contribution is 2.10. The highest BCUT2D eigenvalue weighted by molar-refractivity contribution is 5.71. The Morgan fingerprint density at radius 2 is 1.75 bits per heavy atom. The van der Waals surface area contributed by atoms with E-state index in [2.05, 4.69) is 26.2 Å². The molecule has 0 N–H and O–H groups in total. The smallest absolute Gasteiger partial charge is 0.145 e. The average molecular weight is 218 g/mol. The molecule has 0 aliphatic heterocycles. The lowest BCUT2D eigenvalue weighted by molar-refractivity contribution is -0.104. The second-order valence-electron chi connectivity index (χ2n) is 4.06. The lowest BCUT2D eigenvalue weighted by Gasteiger charge is -1.99. The molecule has 0 heterocycles. The summed E-state index contributed by atoms with van der Waals surface area (Å²) in [6.45, 7) is 11.5. The Balaban J connectivity index is 3.83. The minimum Gasteiger partial charge on any atom is -0.298 e. The van der Waals surface area contributed by atoms with E-state index in [1.54, 1.807) is 6.08 Å². The fraction of sp³-hybridized carbons (Fsp3) is 0.400. The van der Waals surface area contributed by atoms with Crippen LogP contribution in [0.5, 0.6) is 0 Å². The summed E-state index contributed by atoms with van der Waals surface area (Å²) in [5.41, 5.74) is 3.26. The van der Waals surface area contributed by atoms with Gasteiger partial charge in [-0.15, -0.1) is 0 Å². The average Bonchev–Trinajstić information content (AvgIpc) is 2.28. The summed E-state index contributed by atoms with van der Waals surface area (Å²) in [6.07, 6.45) is 10.9. The summed E-state index contributed by atoms with van der Waals surface area (Å²) in [5.74, 6) is 0. The molecule has 0 aliphatic carbocycles. The van der Waals surface area contributed by atoms with E-state index in [0.717, 1.165) is 43.1 Å². The van der Waals surface area contributed by atoms with Crippen molar-refractivity contribution in [2.24, 2.45) is 0 Å². The predicted molar refractivity (Wildman–Crippen MR) is 71.4 cm³/mol. The first-order valence-corrected chi connectivity index (χ1v) is 5.68.